The van der Waals surface area contributed by atoms with Crippen LogP contribution >= 0.6 is 0 Å². The number of aromatic nitrogens is 4. The van der Waals surface area contributed by atoms with Crippen molar-refractivity contribution in [3.8, 4) is 0 Å². The second kappa shape index (κ2) is 13.7. The van der Waals surface area contributed by atoms with Gasteiger partial charge in [-0.3, -0.25) is 4.90 Å². The highest BCUT2D eigenvalue weighted by molar-refractivity contribution is 5.73. The molecule has 5 heterocycles. The van der Waals surface area contributed by atoms with Crippen molar-refractivity contribution in [1.82, 2.24) is 24.4 Å². The monoisotopic (exact) mass is 634 g/mol. The molecular weight excluding hydrogens is 602 g/mol. The van der Waals surface area contributed by atoms with Crippen molar-refractivity contribution in [1.29, 1.82) is 0 Å². The molecule has 5 rings (SSSR count). The molecule has 0 aliphatic carbocycles. The number of piperidine rings is 1. The van der Waals surface area contributed by atoms with Gasteiger partial charge in [-0.15, -0.1) is 0 Å². The van der Waals surface area contributed by atoms with E-state index in [0.717, 1.165) is 57.3 Å². The number of anilines is 1. The Morgan fingerprint density at radius 1 is 1.02 bits per heavy atom. The maximum Gasteiger partial charge on any atom is 0.490 e. The van der Waals surface area contributed by atoms with E-state index in [-0.39, 0.29) is 5.41 Å². The molecular formula is C27H32F6N6O5. The summed E-state index contributed by atoms with van der Waals surface area (Å²) in [6.45, 7) is 11.5. The van der Waals surface area contributed by atoms with E-state index in [1.54, 1.807) is 6.26 Å². The molecule has 44 heavy (non-hydrogen) atoms. The van der Waals surface area contributed by atoms with Gasteiger partial charge in [-0.05, 0) is 45.7 Å². The molecule has 2 N–H and O–H groups in total. The smallest absolute Gasteiger partial charge is 0.475 e. The van der Waals surface area contributed by atoms with Crippen LogP contribution in [0.25, 0.3) is 0 Å². The van der Waals surface area contributed by atoms with Gasteiger partial charge in [-0.1, -0.05) is 0 Å². The van der Waals surface area contributed by atoms with Crippen LogP contribution in [0.5, 0.6) is 0 Å². The van der Waals surface area contributed by atoms with Crippen molar-refractivity contribution in [3.63, 3.8) is 0 Å². The third-order valence-corrected chi connectivity index (χ3v) is 7.13. The molecule has 0 unspecified atom stereocenters. The van der Waals surface area contributed by atoms with Gasteiger partial charge in [0.05, 0.1) is 23.9 Å². The predicted octanol–water partition coefficient (Wildman–Crippen LogP) is 4.98. The van der Waals surface area contributed by atoms with Crippen molar-refractivity contribution in [2.75, 3.05) is 24.5 Å². The lowest BCUT2D eigenvalue weighted by Gasteiger charge is -2.47. The van der Waals surface area contributed by atoms with Crippen LogP contribution < -0.4 is 4.90 Å². The number of carboxylic acids is 2. The van der Waals surface area contributed by atoms with Gasteiger partial charge in [0.15, 0.2) is 0 Å². The number of hydrogen-bond donors (Lipinski definition) is 2. The van der Waals surface area contributed by atoms with Crippen LogP contribution in [0.1, 0.15) is 55.5 Å². The van der Waals surface area contributed by atoms with Gasteiger partial charge in [-0.2, -0.15) is 26.3 Å². The molecule has 242 valence electrons. The maximum absolute atomic E-state index is 10.6. The molecule has 2 aliphatic rings. The van der Waals surface area contributed by atoms with Crippen LogP contribution in [-0.2, 0) is 28.1 Å². The molecule has 11 nitrogen and oxygen atoms in total. The Morgan fingerprint density at radius 2 is 1.57 bits per heavy atom. The number of carbonyl (C=O) groups is 2. The second-order valence-electron chi connectivity index (χ2n) is 10.6. The number of imidazole rings is 1. The fourth-order valence-electron chi connectivity index (χ4n) is 5.36. The Labute approximate surface area is 248 Å². The van der Waals surface area contributed by atoms with E-state index in [0.29, 0.717) is 6.04 Å². The van der Waals surface area contributed by atoms with Crippen LogP contribution in [-0.4, -0.2) is 78.6 Å². The van der Waals surface area contributed by atoms with Crippen LogP contribution in [0.15, 0.2) is 41.5 Å². The van der Waals surface area contributed by atoms with Crippen LogP contribution in [0.2, 0.25) is 0 Å². The lowest BCUT2D eigenvalue weighted by molar-refractivity contribution is -0.193. The summed E-state index contributed by atoms with van der Waals surface area (Å²) in [6.07, 6.45) is -0.759. The Balaban J connectivity index is 0.000000317. The molecule has 0 bridgehead atoms. The summed E-state index contributed by atoms with van der Waals surface area (Å²) >= 11 is 0. The fourth-order valence-corrected chi connectivity index (χ4v) is 5.36. The number of alkyl halides is 6. The summed E-state index contributed by atoms with van der Waals surface area (Å²) in [5.74, 6) is -3.55. The van der Waals surface area contributed by atoms with E-state index in [2.05, 4.69) is 51.2 Å². The largest absolute Gasteiger partial charge is 0.490 e. The van der Waals surface area contributed by atoms with E-state index in [1.165, 1.54) is 17.0 Å². The normalized spacial score (nSPS) is 16.5. The number of nitrogens with zero attached hydrogens (tertiary/aromatic N) is 6. The zero-order chi connectivity index (χ0) is 32.9. The molecule has 3 aromatic heterocycles. The minimum atomic E-state index is -5.08. The molecule has 1 spiro atoms. The Morgan fingerprint density at radius 3 is 2.02 bits per heavy atom. The van der Waals surface area contributed by atoms with Gasteiger partial charge in [0.25, 0.3) is 0 Å². The third kappa shape index (κ3) is 8.48. The number of rotatable bonds is 4. The van der Waals surface area contributed by atoms with E-state index in [1.807, 2.05) is 24.7 Å². The fraction of sp³-hybridized carbons (Fsp3) is 0.519. The van der Waals surface area contributed by atoms with Crippen molar-refractivity contribution >= 4 is 17.9 Å². The highest BCUT2D eigenvalue weighted by Crippen LogP contribution is 2.43. The highest BCUT2D eigenvalue weighted by atomic mass is 19.4. The standard InChI is InChI=1S/C23H30N6O.2C2HF3O2/c1-17(2)29-18(3)26-21-20(29)14-27(13-19-5-12-30-15-19)16-23(21)6-10-28(11-7-23)22-24-8-4-9-25-22;2*3-2(4,5)1(6)7/h4-5,8-9,12,15,17H,6-7,10-11,13-14,16H2,1-3H3;2*(H,6,7). The topological polar surface area (TPSA) is 138 Å². The van der Waals surface area contributed by atoms with Crippen molar-refractivity contribution in [2.24, 2.45) is 0 Å². The molecule has 0 atom stereocenters. The number of aryl methyl sites for hydroxylation is 1. The molecule has 3 aromatic rings. The van der Waals surface area contributed by atoms with Crippen molar-refractivity contribution in [3.05, 3.63) is 59.8 Å². The minimum Gasteiger partial charge on any atom is -0.475 e. The van der Waals surface area contributed by atoms with Crippen molar-refractivity contribution < 1.29 is 50.6 Å². The summed E-state index contributed by atoms with van der Waals surface area (Å²) in [5, 5.41) is 14.2. The Kier molecular flexibility index (Phi) is 10.7. The van der Waals surface area contributed by atoms with Gasteiger partial charge in [-0.25, -0.2) is 24.5 Å². The van der Waals surface area contributed by atoms with Crippen LogP contribution in [0.4, 0.5) is 32.3 Å². The highest BCUT2D eigenvalue weighted by Gasteiger charge is 2.46. The van der Waals surface area contributed by atoms with Gasteiger partial charge in [0.2, 0.25) is 5.95 Å². The van der Waals surface area contributed by atoms with E-state index in [9.17, 15) is 26.3 Å². The molecule has 17 heteroatoms. The molecule has 0 radical (unpaired) electrons. The second-order valence-corrected chi connectivity index (χ2v) is 10.6. The average molecular weight is 635 g/mol. The lowest BCUT2D eigenvalue weighted by Crippen LogP contribution is -2.52. The van der Waals surface area contributed by atoms with Gasteiger partial charge in [0, 0.05) is 62.1 Å². The van der Waals surface area contributed by atoms with Gasteiger partial charge >= 0.3 is 24.3 Å². The molecule has 0 aromatic carbocycles. The maximum atomic E-state index is 10.6. The zero-order valence-corrected chi connectivity index (χ0v) is 24.1. The van der Waals surface area contributed by atoms with Crippen LogP contribution in [0.3, 0.4) is 0 Å². The van der Waals surface area contributed by atoms with Gasteiger partial charge < -0.3 is 24.1 Å². The van der Waals surface area contributed by atoms with Gasteiger partial charge in [0.1, 0.15) is 5.82 Å². The first-order valence-electron chi connectivity index (χ1n) is 13.4. The van der Waals surface area contributed by atoms with E-state index >= 15 is 0 Å². The molecule has 0 amide bonds. The molecule has 2 aliphatic heterocycles. The zero-order valence-electron chi connectivity index (χ0n) is 24.1. The Hall–Kier alpha value is -4.15. The summed E-state index contributed by atoms with van der Waals surface area (Å²) in [4.78, 5) is 36.7. The summed E-state index contributed by atoms with van der Waals surface area (Å²) < 4.78 is 71.2. The summed E-state index contributed by atoms with van der Waals surface area (Å²) in [6, 6.07) is 4.35. The number of halogens is 6. The summed E-state index contributed by atoms with van der Waals surface area (Å²) in [7, 11) is 0. The molecule has 1 saturated heterocycles. The van der Waals surface area contributed by atoms with Crippen LogP contribution in [0, 0.1) is 6.92 Å². The quantitative estimate of drug-likeness (QED) is 0.378. The average Bonchev–Trinajstić information content (AvgIpc) is 3.57. The number of hydrogen-bond acceptors (Lipinski definition) is 8. The SMILES string of the molecule is Cc1nc2c(n1C(C)C)CN(Cc1ccoc1)CC21CCN(c2ncccn2)CC1.O=C(O)C(F)(F)F.O=C(O)C(F)(F)F. The third-order valence-electron chi connectivity index (χ3n) is 7.13. The van der Waals surface area contributed by atoms with E-state index in [4.69, 9.17) is 29.2 Å². The molecule has 0 saturated carbocycles. The first-order chi connectivity index (χ1) is 20.4. The first kappa shape index (κ1) is 34.3. The summed E-state index contributed by atoms with van der Waals surface area (Å²) in [5.41, 5.74) is 4.02. The van der Waals surface area contributed by atoms with Crippen molar-refractivity contribution in [2.45, 2.75) is 70.5 Å². The first-order valence-corrected chi connectivity index (χ1v) is 13.4. The minimum absolute atomic E-state index is 0.0769. The molecule has 1 fully saturated rings. The number of aliphatic carboxylic acids is 2. The van der Waals surface area contributed by atoms with E-state index < -0.39 is 24.3 Å². The number of carboxylic acid groups (broad SMARTS) is 2. The number of fused-ring (bicyclic) bond motifs is 2. The number of furan rings is 1. The Bertz CT molecular complexity index is 1360. The lowest BCUT2D eigenvalue weighted by atomic mass is 9.72. The predicted molar refractivity (Wildman–Crippen MR) is 143 cm³/mol.